The summed E-state index contributed by atoms with van der Waals surface area (Å²) in [5.74, 6) is -0.808. The molecule has 0 aromatic heterocycles. The Morgan fingerprint density at radius 1 is 1.04 bits per heavy atom. The van der Waals surface area contributed by atoms with Crippen LogP contribution in [0.2, 0.25) is 0 Å². The van der Waals surface area contributed by atoms with Crippen molar-refractivity contribution in [3.63, 3.8) is 0 Å². The van der Waals surface area contributed by atoms with Crippen LogP contribution in [0.5, 0.6) is 5.75 Å². The van der Waals surface area contributed by atoms with Gasteiger partial charge in [-0.1, -0.05) is 48.5 Å². The Morgan fingerprint density at radius 2 is 1.62 bits per heavy atom. The number of rotatable bonds is 7. The van der Waals surface area contributed by atoms with Crippen LogP contribution in [0.25, 0.3) is 0 Å². The minimum absolute atomic E-state index is 0.239. The van der Waals surface area contributed by atoms with Crippen molar-refractivity contribution in [2.24, 2.45) is 0 Å². The maximum Gasteiger partial charge on any atom is 0.326 e. The zero-order chi connectivity index (χ0) is 17.0. The summed E-state index contributed by atoms with van der Waals surface area (Å²) in [4.78, 5) is 24.0. The number of carbonyl (C=O) groups is 2. The number of aliphatic carboxylic acids is 1. The van der Waals surface area contributed by atoms with Gasteiger partial charge in [0.05, 0.1) is 0 Å². The molecule has 0 spiro atoms. The molecular formula is C19H19NO4. The molecule has 0 saturated heterocycles. The summed E-state index contributed by atoms with van der Waals surface area (Å²) in [6.07, 6.45) is 1.42. The fraction of sp³-hybridized carbons (Fsp3) is 0.263. The Hall–Kier alpha value is -2.82. The summed E-state index contributed by atoms with van der Waals surface area (Å²) in [5.41, 5.74) is -0.0785. The van der Waals surface area contributed by atoms with Gasteiger partial charge >= 0.3 is 5.97 Å². The maximum atomic E-state index is 12.5. The number of amides is 1. The molecule has 24 heavy (non-hydrogen) atoms. The number of para-hydroxylation sites is 1. The average Bonchev–Trinajstić information content (AvgIpc) is 3.37. The lowest BCUT2D eigenvalue weighted by molar-refractivity contribution is -0.143. The molecule has 3 rings (SSSR count). The highest BCUT2D eigenvalue weighted by Gasteiger charge is 2.53. The molecule has 1 unspecified atom stereocenters. The summed E-state index contributed by atoms with van der Waals surface area (Å²) >= 11 is 0. The second-order valence-electron chi connectivity index (χ2n) is 5.96. The number of benzene rings is 2. The van der Waals surface area contributed by atoms with Crippen molar-refractivity contribution < 1.29 is 19.4 Å². The largest absolute Gasteiger partial charge is 0.480 e. The Kier molecular flexibility index (Phi) is 4.51. The van der Waals surface area contributed by atoms with Crippen LogP contribution in [-0.4, -0.2) is 28.6 Å². The lowest BCUT2D eigenvalue weighted by Gasteiger charge is -2.21. The van der Waals surface area contributed by atoms with E-state index < -0.39 is 17.6 Å². The predicted octanol–water partition coefficient (Wildman–Crippen LogP) is 2.41. The van der Waals surface area contributed by atoms with Crippen molar-refractivity contribution in [2.45, 2.75) is 30.9 Å². The molecule has 0 bridgehead atoms. The summed E-state index contributed by atoms with van der Waals surface area (Å²) in [5, 5.41) is 12.0. The number of carbonyl (C=O) groups excluding carboxylic acids is 1. The van der Waals surface area contributed by atoms with Gasteiger partial charge in [-0.15, -0.1) is 0 Å². The highest BCUT2D eigenvalue weighted by molar-refractivity contribution is 5.92. The van der Waals surface area contributed by atoms with E-state index in [4.69, 9.17) is 4.74 Å². The predicted molar refractivity (Wildman–Crippen MR) is 88.7 cm³/mol. The minimum atomic E-state index is -1.05. The van der Waals surface area contributed by atoms with Gasteiger partial charge in [0.25, 0.3) is 5.91 Å². The first kappa shape index (κ1) is 16.1. The summed E-state index contributed by atoms with van der Waals surface area (Å²) in [7, 11) is 0. The van der Waals surface area contributed by atoms with Gasteiger partial charge in [-0.2, -0.15) is 0 Å². The van der Waals surface area contributed by atoms with Crippen molar-refractivity contribution in [3.8, 4) is 5.75 Å². The standard InChI is InChI=1S/C19H19NO4/c21-17(22)16(13-14-7-3-1-4-8-14)20-18(23)19(11-12-19)24-15-9-5-2-6-10-15/h1-10,16H,11-13H2,(H,20,23)(H,21,22). The zero-order valence-corrected chi connectivity index (χ0v) is 13.1. The molecule has 1 fully saturated rings. The molecule has 2 aromatic carbocycles. The van der Waals surface area contributed by atoms with Crippen LogP contribution in [0, 0.1) is 0 Å². The Bertz CT molecular complexity index is 711. The number of hydrogen-bond acceptors (Lipinski definition) is 3. The molecule has 1 saturated carbocycles. The molecule has 1 aliphatic rings. The molecule has 5 heteroatoms. The first-order valence-corrected chi connectivity index (χ1v) is 7.91. The monoisotopic (exact) mass is 325 g/mol. The molecule has 1 atom stereocenters. The highest BCUT2D eigenvalue weighted by atomic mass is 16.5. The van der Waals surface area contributed by atoms with E-state index in [2.05, 4.69) is 5.32 Å². The van der Waals surface area contributed by atoms with E-state index in [0.29, 0.717) is 18.6 Å². The van der Waals surface area contributed by atoms with E-state index >= 15 is 0 Å². The number of hydrogen-bond donors (Lipinski definition) is 2. The quantitative estimate of drug-likeness (QED) is 0.820. The smallest absolute Gasteiger partial charge is 0.326 e. The van der Waals surface area contributed by atoms with Crippen molar-refractivity contribution >= 4 is 11.9 Å². The van der Waals surface area contributed by atoms with Crippen LogP contribution in [-0.2, 0) is 16.0 Å². The van der Waals surface area contributed by atoms with E-state index in [1.165, 1.54) is 0 Å². The molecule has 0 aliphatic heterocycles. The topological polar surface area (TPSA) is 75.6 Å². The van der Waals surface area contributed by atoms with Crippen molar-refractivity contribution in [3.05, 3.63) is 66.2 Å². The third kappa shape index (κ3) is 3.74. The highest BCUT2D eigenvalue weighted by Crippen LogP contribution is 2.40. The van der Waals surface area contributed by atoms with Crippen molar-refractivity contribution in [1.29, 1.82) is 0 Å². The molecule has 0 radical (unpaired) electrons. The summed E-state index contributed by atoms with van der Waals surface area (Å²) in [6, 6.07) is 17.4. The first-order valence-electron chi connectivity index (χ1n) is 7.91. The fourth-order valence-corrected chi connectivity index (χ4v) is 2.54. The maximum absolute atomic E-state index is 12.5. The second-order valence-corrected chi connectivity index (χ2v) is 5.96. The van der Waals surface area contributed by atoms with E-state index in [0.717, 1.165) is 5.56 Å². The average molecular weight is 325 g/mol. The van der Waals surface area contributed by atoms with Gasteiger partial charge in [0.2, 0.25) is 0 Å². The van der Waals surface area contributed by atoms with Gasteiger partial charge in [-0.05, 0) is 17.7 Å². The van der Waals surface area contributed by atoms with E-state index in [1.54, 1.807) is 12.1 Å². The first-order chi connectivity index (χ1) is 11.6. The number of ether oxygens (including phenoxy) is 1. The Morgan fingerprint density at radius 3 is 2.17 bits per heavy atom. The molecule has 1 aliphatic carbocycles. The fourth-order valence-electron chi connectivity index (χ4n) is 2.54. The van der Waals surface area contributed by atoms with Crippen LogP contribution < -0.4 is 10.1 Å². The van der Waals surface area contributed by atoms with Gasteiger partial charge in [0, 0.05) is 19.3 Å². The van der Waals surface area contributed by atoms with Crippen LogP contribution in [0.4, 0.5) is 0 Å². The van der Waals surface area contributed by atoms with Crippen molar-refractivity contribution in [2.75, 3.05) is 0 Å². The molecule has 2 N–H and O–H groups in total. The zero-order valence-electron chi connectivity index (χ0n) is 13.1. The molecule has 124 valence electrons. The van der Waals surface area contributed by atoms with Crippen LogP contribution >= 0.6 is 0 Å². The Balaban J connectivity index is 1.66. The Labute approximate surface area is 140 Å². The molecular weight excluding hydrogens is 306 g/mol. The molecule has 5 nitrogen and oxygen atoms in total. The number of carboxylic acids is 1. The van der Waals surface area contributed by atoms with Crippen LogP contribution in [0.3, 0.4) is 0 Å². The number of nitrogens with one attached hydrogen (secondary N) is 1. The SMILES string of the molecule is O=C(O)C(Cc1ccccc1)NC(=O)C1(Oc2ccccc2)CC1. The third-order valence-electron chi connectivity index (χ3n) is 4.06. The van der Waals surface area contributed by atoms with Gasteiger partial charge in [0.15, 0.2) is 5.60 Å². The molecule has 2 aromatic rings. The second kappa shape index (κ2) is 6.74. The van der Waals surface area contributed by atoms with E-state index in [-0.39, 0.29) is 12.3 Å². The minimum Gasteiger partial charge on any atom is -0.480 e. The lowest BCUT2D eigenvalue weighted by Crippen LogP contribution is -2.49. The third-order valence-corrected chi connectivity index (χ3v) is 4.06. The van der Waals surface area contributed by atoms with E-state index in [9.17, 15) is 14.7 Å². The van der Waals surface area contributed by atoms with Gasteiger partial charge in [-0.25, -0.2) is 4.79 Å². The van der Waals surface area contributed by atoms with Crippen molar-refractivity contribution in [1.82, 2.24) is 5.32 Å². The summed E-state index contributed by atoms with van der Waals surface area (Å²) < 4.78 is 5.80. The molecule has 1 amide bonds. The summed E-state index contributed by atoms with van der Waals surface area (Å²) in [6.45, 7) is 0. The lowest BCUT2D eigenvalue weighted by atomic mass is 10.1. The number of carboxylic acid groups (broad SMARTS) is 1. The van der Waals surface area contributed by atoms with Crippen LogP contribution in [0.1, 0.15) is 18.4 Å². The van der Waals surface area contributed by atoms with E-state index in [1.807, 2.05) is 48.5 Å². The van der Waals surface area contributed by atoms with Gasteiger partial charge in [-0.3, -0.25) is 4.79 Å². The van der Waals surface area contributed by atoms with Gasteiger partial charge < -0.3 is 15.2 Å². The van der Waals surface area contributed by atoms with Gasteiger partial charge in [0.1, 0.15) is 11.8 Å². The molecule has 0 heterocycles. The van der Waals surface area contributed by atoms with Crippen LogP contribution in [0.15, 0.2) is 60.7 Å². The normalized spacial score (nSPS) is 16.0.